The molecule has 48 heavy (non-hydrogen) atoms. The van der Waals surface area contributed by atoms with Crippen LogP contribution in [-0.2, 0) is 30.0 Å². The summed E-state index contributed by atoms with van der Waals surface area (Å²) in [6, 6.07) is 22.7. The van der Waals surface area contributed by atoms with Gasteiger partial charge in [-0.2, -0.15) is 9.46 Å². The molecule has 0 aliphatic carbocycles. The third-order valence-corrected chi connectivity index (χ3v) is 7.99. The number of pyridine rings is 2. The fourth-order valence-corrected chi connectivity index (χ4v) is 5.34. The van der Waals surface area contributed by atoms with Gasteiger partial charge in [-0.3, -0.25) is 40.4 Å². The predicted octanol–water partition coefficient (Wildman–Crippen LogP) is 2.02. The molecule has 0 radical (unpaired) electrons. The quantitative estimate of drug-likeness (QED) is 0.142. The number of rotatable bonds is 5. The Kier molecular flexibility index (Phi) is 10.6. The number of aromatic nitrogens is 2. The number of hydrogen-bond acceptors (Lipinski definition) is 8. The molecule has 2 aliphatic rings. The number of urea groups is 2. The maximum Gasteiger partial charge on any atom is 0.328 e. The lowest BCUT2D eigenvalue weighted by Gasteiger charge is -2.33. The van der Waals surface area contributed by atoms with Crippen LogP contribution < -0.4 is 30.7 Å². The number of benzene rings is 2. The number of hydrogen-bond donors (Lipinski definition) is 4. The van der Waals surface area contributed by atoms with Gasteiger partial charge in [-0.1, -0.05) is 74.5 Å². The van der Waals surface area contributed by atoms with E-state index in [2.05, 4.69) is 21.3 Å². The summed E-state index contributed by atoms with van der Waals surface area (Å²) in [5, 5.41) is 30.1. The summed E-state index contributed by atoms with van der Waals surface area (Å²) in [6.45, 7) is 3.48. The maximum absolute atomic E-state index is 12.0. The molecule has 0 bridgehead atoms. The molecule has 14 heteroatoms. The lowest BCUT2D eigenvalue weighted by atomic mass is 9.75. The predicted molar refractivity (Wildman–Crippen MR) is 170 cm³/mol. The molecule has 4 heterocycles. The Morgan fingerprint density at radius 2 is 0.750 bits per heavy atom. The van der Waals surface area contributed by atoms with Crippen LogP contribution in [0.2, 0.25) is 0 Å². The molecule has 0 atom stereocenters. The average Bonchev–Trinajstić information content (AvgIpc) is 3.07. The minimum Gasteiger partial charge on any atom is -0.619 e. The Labute approximate surface area is 275 Å². The van der Waals surface area contributed by atoms with Gasteiger partial charge < -0.3 is 10.4 Å². The highest BCUT2D eigenvalue weighted by molar-refractivity contribution is 6.23. The topological polar surface area (TPSA) is 204 Å². The first-order chi connectivity index (χ1) is 23.0. The van der Waals surface area contributed by atoms with Crippen molar-refractivity contribution in [2.24, 2.45) is 0 Å². The summed E-state index contributed by atoms with van der Waals surface area (Å²) in [4.78, 5) is 70.0. The summed E-state index contributed by atoms with van der Waals surface area (Å²) in [5.41, 5.74) is 0.384. The Balaban J connectivity index is 0.000000163. The van der Waals surface area contributed by atoms with Crippen molar-refractivity contribution in [2.45, 2.75) is 37.5 Å². The van der Waals surface area contributed by atoms with Crippen LogP contribution in [0.1, 0.15) is 37.8 Å². The Hall–Kier alpha value is -6.44. The number of imide groups is 4. The largest absolute Gasteiger partial charge is 0.619 e. The molecule has 6 rings (SSSR count). The fourth-order valence-electron chi connectivity index (χ4n) is 5.34. The van der Waals surface area contributed by atoms with E-state index < -0.39 is 46.5 Å². The minimum atomic E-state index is -1.31. The molecule has 4 aromatic rings. The van der Waals surface area contributed by atoms with Crippen LogP contribution >= 0.6 is 0 Å². The highest BCUT2D eigenvalue weighted by Crippen LogP contribution is 2.31. The van der Waals surface area contributed by atoms with Gasteiger partial charge in [-0.15, -0.1) is 0 Å². The molecule has 246 valence electrons. The lowest BCUT2D eigenvalue weighted by molar-refractivity contribution is -0.605. The zero-order valence-electron chi connectivity index (χ0n) is 26.0. The molecule has 0 spiro atoms. The van der Waals surface area contributed by atoms with E-state index in [1.807, 2.05) is 0 Å². The van der Waals surface area contributed by atoms with Gasteiger partial charge in [0, 0.05) is 24.3 Å². The molecule has 2 aromatic carbocycles. The van der Waals surface area contributed by atoms with Crippen LogP contribution in [0.25, 0.3) is 11.1 Å². The summed E-state index contributed by atoms with van der Waals surface area (Å²) in [6.07, 6.45) is 6.28. The van der Waals surface area contributed by atoms with Crippen LogP contribution in [0.15, 0.2) is 110 Å². The van der Waals surface area contributed by atoms with Gasteiger partial charge in [-0.25, -0.2) is 9.59 Å². The van der Waals surface area contributed by atoms with Gasteiger partial charge in [0.05, 0.1) is 0 Å². The molecule has 8 amide bonds. The summed E-state index contributed by atoms with van der Waals surface area (Å²) >= 11 is 0. The number of carbonyl (C=O) groups is 6. The van der Waals surface area contributed by atoms with Gasteiger partial charge in [0.25, 0.3) is 0 Å². The molecule has 0 saturated carbocycles. The smallest absolute Gasteiger partial charge is 0.328 e. The molecule has 2 saturated heterocycles. The van der Waals surface area contributed by atoms with Crippen molar-refractivity contribution in [3.05, 3.63) is 131 Å². The molecule has 2 aromatic heterocycles. The van der Waals surface area contributed by atoms with Gasteiger partial charge in [-0.05, 0) is 35.1 Å². The third-order valence-electron chi connectivity index (χ3n) is 7.99. The lowest BCUT2D eigenvalue weighted by Crippen LogP contribution is -2.64. The van der Waals surface area contributed by atoms with E-state index in [0.29, 0.717) is 24.0 Å². The average molecular weight is 653 g/mol. The molecule has 2 aliphatic heterocycles. The maximum atomic E-state index is 12.0. The molecular formula is C34H32N6O8. The van der Waals surface area contributed by atoms with Gasteiger partial charge in [0.2, 0.25) is 23.6 Å². The van der Waals surface area contributed by atoms with Crippen molar-refractivity contribution >= 4 is 35.7 Å². The second kappa shape index (κ2) is 14.8. The molecule has 2 fully saturated rings. The van der Waals surface area contributed by atoms with Crippen molar-refractivity contribution < 1.29 is 38.2 Å². The van der Waals surface area contributed by atoms with Crippen LogP contribution in [0.4, 0.5) is 9.59 Å². The molecule has 0 unspecified atom stereocenters. The van der Waals surface area contributed by atoms with Crippen molar-refractivity contribution in [3.8, 4) is 11.1 Å². The van der Waals surface area contributed by atoms with E-state index in [1.165, 1.54) is 24.8 Å². The Bertz CT molecular complexity index is 1640. The fraction of sp³-hybridized carbons (Fsp3) is 0.176. The van der Waals surface area contributed by atoms with Crippen molar-refractivity contribution in [3.63, 3.8) is 0 Å². The van der Waals surface area contributed by atoms with E-state index >= 15 is 0 Å². The first kappa shape index (κ1) is 34.4. The van der Waals surface area contributed by atoms with Crippen LogP contribution in [0.5, 0.6) is 0 Å². The zero-order valence-corrected chi connectivity index (χ0v) is 26.0. The van der Waals surface area contributed by atoms with E-state index in [-0.39, 0.29) is 0 Å². The molecular weight excluding hydrogens is 620 g/mol. The highest BCUT2D eigenvalue weighted by atomic mass is 16.5. The van der Waals surface area contributed by atoms with Crippen LogP contribution in [0, 0.1) is 10.4 Å². The molecule has 4 N–H and O–H groups in total. The van der Waals surface area contributed by atoms with Crippen molar-refractivity contribution in [1.29, 1.82) is 0 Å². The van der Waals surface area contributed by atoms with Crippen LogP contribution in [0.3, 0.4) is 0 Å². The standard InChI is InChI=1S/2C12H12N2O3.C10H8N2O2/c2*1-2-12(8-6-4-3-5-7-8)9(15)13-11(17)14-10(12)16;13-11-5-1-9(2-6-11)10-3-7-12(14)8-4-10/h2*3-7H,2H2,1H3,(H2,13,14,15,16,17);1-8H. The summed E-state index contributed by atoms with van der Waals surface area (Å²) < 4.78 is 1.44. The zero-order chi connectivity index (χ0) is 34.9. The van der Waals surface area contributed by atoms with E-state index in [0.717, 1.165) is 20.6 Å². The summed E-state index contributed by atoms with van der Waals surface area (Å²) in [7, 11) is 0. The second-order valence-corrected chi connectivity index (χ2v) is 10.6. The second-order valence-electron chi connectivity index (χ2n) is 10.6. The van der Waals surface area contributed by atoms with Crippen molar-refractivity contribution in [2.75, 3.05) is 0 Å². The van der Waals surface area contributed by atoms with Gasteiger partial charge in [0.1, 0.15) is 0 Å². The van der Waals surface area contributed by atoms with E-state index in [1.54, 1.807) is 98.8 Å². The number of barbiturate groups is 2. The minimum absolute atomic E-state index is 0.294. The monoisotopic (exact) mass is 652 g/mol. The van der Waals surface area contributed by atoms with Gasteiger partial charge in [0.15, 0.2) is 35.6 Å². The number of nitrogens with zero attached hydrogens (tertiary/aromatic N) is 2. The van der Waals surface area contributed by atoms with Gasteiger partial charge >= 0.3 is 12.1 Å². The molecule has 14 nitrogen and oxygen atoms in total. The summed E-state index contributed by atoms with van der Waals surface area (Å²) in [5.74, 6) is -2.28. The first-order valence-corrected chi connectivity index (χ1v) is 14.8. The normalized spacial score (nSPS) is 16.0. The highest BCUT2D eigenvalue weighted by Gasteiger charge is 2.51. The van der Waals surface area contributed by atoms with Crippen LogP contribution in [-0.4, -0.2) is 35.7 Å². The first-order valence-electron chi connectivity index (χ1n) is 14.8. The Morgan fingerprint density at radius 3 is 1.00 bits per heavy atom. The number of carbonyl (C=O) groups excluding carboxylic acids is 6. The third kappa shape index (κ3) is 7.02. The number of amides is 8. The Morgan fingerprint density at radius 1 is 0.479 bits per heavy atom. The van der Waals surface area contributed by atoms with Crippen molar-refractivity contribution in [1.82, 2.24) is 21.3 Å². The van der Waals surface area contributed by atoms with E-state index in [4.69, 9.17) is 0 Å². The SMILES string of the molecule is CCC1(c2ccccc2)C(=O)NC(=O)NC1=O.CCC1(c2ccccc2)C(=O)NC(=O)NC1=O.[O-][n+]1ccc(-c2cc[n+]([O-])cc2)cc1. The number of nitrogens with one attached hydrogen (secondary N) is 4. The van der Waals surface area contributed by atoms with E-state index in [9.17, 15) is 39.2 Å².